The van der Waals surface area contributed by atoms with E-state index in [2.05, 4.69) is 15.9 Å². The maximum absolute atomic E-state index is 11.2. The highest BCUT2D eigenvalue weighted by Crippen LogP contribution is 2.25. The predicted molar refractivity (Wildman–Crippen MR) is 85.6 cm³/mol. The van der Waals surface area contributed by atoms with Gasteiger partial charge in [0.2, 0.25) is 5.91 Å². The number of carbonyl (C=O) groups excluding carboxylic acids is 1. The van der Waals surface area contributed by atoms with Crippen LogP contribution >= 0.6 is 15.9 Å². The van der Waals surface area contributed by atoms with Gasteiger partial charge in [-0.05, 0) is 35.9 Å². The van der Waals surface area contributed by atoms with Gasteiger partial charge < -0.3 is 16.4 Å². The summed E-state index contributed by atoms with van der Waals surface area (Å²) in [4.78, 5) is 13.2. The number of hydrogen-bond donors (Lipinski definition) is 2. The summed E-state index contributed by atoms with van der Waals surface area (Å²) in [6, 6.07) is 13.1. The molecule has 0 atom stereocenters. The maximum atomic E-state index is 11.2. The Bertz CT molecular complexity index is 626. The average Bonchev–Trinajstić information content (AvgIpc) is 2.41. The summed E-state index contributed by atoms with van der Waals surface area (Å²) in [5.41, 5.74) is 14.3. The van der Waals surface area contributed by atoms with E-state index in [1.54, 1.807) is 18.2 Å². The minimum atomic E-state index is -0.455. The Labute approximate surface area is 126 Å². The molecule has 2 rings (SSSR count). The molecule has 0 saturated carbocycles. The van der Waals surface area contributed by atoms with Gasteiger partial charge in [-0.3, -0.25) is 4.79 Å². The summed E-state index contributed by atoms with van der Waals surface area (Å²) >= 11 is 3.41. The van der Waals surface area contributed by atoms with E-state index in [1.165, 1.54) is 0 Å². The zero-order valence-electron chi connectivity index (χ0n) is 11.1. The van der Waals surface area contributed by atoms with E-state index in [1.807, 2.05) is 36.2 Å². The fraction of sp³-hybridized carbons (Fsp3) is 0.133. The quantitative estimate of drug-likeness (QED) is 0.845. The van der Waals surface area contributed by atoms with Crippen molar-refractivity contribution in [3.05, 3.63) is 58.1 Å². The minimum Gasteiger partial charge on any atom is -0.397 e. The van der Waals surface area contributed by atoms with Gasteiger partial charge in [-0.25, -0.2) is 0 Å². The molecule has 2 aromatic rings. The molecular formula is C15H16BrN3O. The lowest BCUT2D eigenvalue weighted by molar-refractivity contribution is 0.100. The van der Waals surface area contributed by atoms with Gasteiger partial charge in [-0.15, -0.1) is 0 Å². The third-order valence-electron chi connectivity index (χ3n) is 3.06. The second kappa shape index (κ2) is 5.96. The van der Waals surface area contributed by atoms with E-state index in [4.69, 9.17) is 11.5 Å². The lowest BCUT2D eigenvalue weighted by atomic mass is 10.1. The SMILES string of the molecule is CN(Cc1ccc(Br)cc1)c1cc(C(N)=O)ccc1N. The lowest BCUT2D eigenvalue weighted by Crippen LogP contribution is -2.19. The number of carbonyl (C=O) groups is 1. The van der Waals surface area contributed by atoms with Crippen molar-refractivity contribution in [1.29, 1.82) is 0 Å². The van der Waals surface area contributed by atoms with E-state index in [0.29, 0.717) is 17.8 Å². The highest BCUT2D eigenvalue weighted by Gasteiger charge is 2.09. The molecular weight excluding hydrogens is 318 g/mol. The van der Waals surface area contributed by atoms with Crippen molar-refractivity contribution >= 4 is 33.2 Å². The smallest absolute Gasteiger partial charge is 0.248 e. The fourth-order valence-electron chi connectivity index (χ4n) is 1.98. The molecule has 5 heteroatoms. The van der Waals surface area contributed by atoms with Crippen molar-refractivity contribution in [1.82, 2.24) is 0 Å². The molecule has 1 amide bonds. The number of nitrogens with zero attached hydrogens (tertiary/aromatic N) is 1. The Morgan fingerprint density at radius 1 is 1.20 bits per heavy atom. The van der Waals surface area contributed by atoms with Crippen molar-refractivity contribution in [2.75, 3.05) is 17.7 Å². The molecule has 20 heavy (non-hydrogen) atoms. The molecule has 0 saturated heterocycles. The first-order valence-electron chi connectivity index (χ1n) is 6.12. The lowest BCUT2D eigenvalue weighted by Gasteiger charge is -2.21. The molecule has 4 N–H and O–H groups in total. The largest absolute Gasteiger partial charge is 0.397 e. The van der Waals surface area contributed by atoms with Gasteiger partial charge >= 0.3 is 0 Å². The van der Waals surface area contributed by atoms with Crippen LogP contribution in [0.1, 0.15) is 15.9 Å². The zero-order chi connectivity index (χ0) is 14.7. The van der Waals surface area contributed by atoms with Gasteiger partial charge in [-0.2, -0.15) is 0 Å². The monoisotopic (exact) mass is 333 g/mol. The van der Waals surface area contributed by atoms with Crippen LogP contribution < -0.4 is 16.4 Å². The molecule has 0 bridgehead atoms. The summed E-state index contributed by atoms with van der Waals surface area (Å²) < 4.78 is 1.04. The van der Waals surface area contributed by atoms with Gasteiger partial charge in [-0.1, -0.05) is 28.1 Å². The number of amides is 1. The van der Waals surface area contributed by atoms with Crippen LogP contribution in [0.4, 0.5) is 11.4 Å². The summed E-state index contributed by atoms with van der Waals surface area (Å²) in [5.74, 6) is -0.455. The van der Waals surface area contributed by atoms with Crippen LogP contribution in [0.15, 0.2) is 46.9 Å². The second-order valence-electron chi connectivity index (χ2n) is 4.62. The summed E-state index contributed by atoms with van der Waals surface area (Å²) in [6.07, 6.45) is 0. The van der Waals surface area contributed by atoms with Crippen LogP contribution in [0.25, 0.3) is 0 Å². The van der Waals surface area contributed by atoms with E-state index in [9.17, 15) is 4.79 Å². The van der Waals surface area contributed by atoms with E-state index in [-0.39, 0.29) is 0 Å². The van der Waals surface area contributed by atoms with Crippen molar-refractivity contribution < 1.29 is 4.79 Å². The zero-order valence-corrected chi connectivity index (χ0v) is 12.7. The molecule has 0 unspecified atom stereocenters. The third kappa shape index (κ3) is 3.30. The van der Waals surface area contributed by atoms with Crippen molar-refractivity contribution in [2.45, 2.75) is 6.54 Å². The van der Waals surface area contributed by atoms with E-state index >= 15 is 0 Å². The number of rotatable bonds is 4. The molecule has 0 fully saturated rings. The standard InChI is InChI=1S/C15H16BrN3O/c1-19(9-10-2-5-12(16)6-3-10)14-8-11(15(18)20)4-7-13(14)17/h2-8H,9,17H2,1H3,(H2,18,20). The summed E-state index contributed by atoms with van der Waals surface area (Å²) in [5, 5.41) is 0. The Morgan fingerprint density at radius 2 is 1.85 bits per heavy atom. The number of benzene rings is 2. The van der Waals surface area contributed by atoms with Gasteiger partial charge in [0.05, 0.1) is 11.4 Å². The molecule has 4 nitrogen and oxygen atoms in total. The summed E-state index contributed by atoms with van der Waals surface area (Å²) in [6.45, 7) is 0.694. The third-order valence-corrected chi connectivity index (χ3v) is 3.59. The van der Waals surface area contributed by atoms with Crippen LogP contribution in [0.5, 0.6) is 0 Å². The molecule has 2 aromatic carbocycles. The van der Waals surface area contributed by atoms with E-state index < -0.39 is 5.91 Å². The first-order valence-corrected chi connectivity index (χ1v) is 6.91. The number of hydrogen-bond acceptors (Lipinski definition) is 3. The van der Waals surface area contributed by atoms with Crippen LogP contribution in [0, 0.1) is 0 Å². The van der Waals surface area contributed by atoms with Crippen LogP contribution in [-0.2, 0) is 6.54 Å². The van der Waals surface area contributed by atoms with Crippen molar-refractivity contribution in [2.24, 2.45) is 5.73 Å². The maximum Gasteiger partial charge on any atom is 0.248 e. The number of anilines is 2. The second-order valence-corrected chi connectivity index (χ2v) is 5.54. The Balaban J connectivity index is 2.24. The topological polar surface area (TPSA) is 72.3 Å². The van der Waals surface area contributed by atoms with E-state index in [0.717, 1.165) is 15.7 Å². The molecule has 0 radical (unpaired) electrons. The Kier molecular flexibility index (Phi) is 4.29. The molecule has 0 spiro atoms. The fourth-order valence-corrected chi connectivity index (χ4v) is 2.24. The number of primary amides is 1. The van der Waals surface area contributed by atoms with Gasteiger partial charge in [0, 0.05) is 23.6 Å². The minimum absolute atomic E-state index is 0.455. The van der Waals surface area contributed by atoms with Gasteiger partial charge in [0.15, 0.2) is 0 Å². The molecule has 0 aliphatic rings. The molecule has 104 valence electrons. The highest BCUT2D eigenvalue weighted by molar-refractivity contribution is 9.10. The van der Waals surface area contributed by atoms with Crippen LogP contribution in [0.3, 0.4) is 0 Å². The number of nitrogen functional groups attached to an aromatic ring is 1. The molecule has 0 aromatic heterocycles. The first-order chi connectivity index (χ1) is 9.47. The predicted octanol–water partition coefficient (Wildman–Crippen LogP) is 2.77. The van der Waals surface area contributed by atoms with Crippen molar-refractivity contribution in [3.63, 3.8) is 0 Å². The highest BCUT2D eigenvalue weighted by atomic mass is 79.9. The number of nitrogens with two attached hydrogens (primary N) is 2. The molecule has 0 heterocycles. The Hall–Kier alpha value is -2.01. The number of halogens is 1. The normalized spacial score (nSPS) is 10.3. The molecule has 0 aliphatic carbocycles. The van der Waals surface area contributed by atoms with Gasteiger partial charge in [0.25, 0.3) is 0 Å². The Morgan fingerprint density at radius 3 is 2.45 bits per heavy atom. The average molecular weight is 334 g/mol. The van der Waals surface area contributed by atoms with Gasteiger partial charge in [0.1, 0.15) is 0 Å². The van der Waals surface area contributed by atoms with Crippen LogP contribution in [0.2, 0.25) is 0 Å². The summed E-state index contributed by atoms with van der Waals surface area (Å²) in [7, 11) is 1.93. The van der Waals surface area contributed by atoms with Crippen LogP contribution in [-0.4, -0.2) is 13.0 Å². The molecule has 0 aliphatic heterocycles. The van der Waals surface area contributed by atoms with Crippen molar-refractivity contribution in [3.8, 4) is 0 Å². The first kappa shape index (κ1) is 14.4.